The van der Waals surface area contributed by atoms with Crippen LogP contribution in [0.4, 0.5) is 22.7 Å². The van der Waals surface area contributed by atoms with Gasteiger partial charge in [-0.25, -0.2) is 39.6 Å². The van der Waals surface area contributed by atoms with Crippen molar-refractivity contribution in [2.24, 2.45) is 0 Å². The molecule has 0 saturated heterocycles. The summed E-state index contributed by atoms with van der Waals surface area (Å²) in [5.74, 6) is 6.65. The van der Waals surface area contributed by atoms with Crippen molar-refractivity contribution in [3.05, 3.63) is 286 Å². The van der Waals surface area contributed by atoms with Crippen molar-refractivity contribution in [3.63, 3.8) is 0 Å². The first-order valence-corrected chi connectivity index (χ1v) is 31.3. The fourth-order valence-electron chi connectivity index (χ4n) is 11.0. The predicted molar refractivity (Wildman–Crippen MR) is 411 cm³/mol. The summed E-state index contributed by atoms with van der Waals surface area (Å²) in [4.78, 5) is 51.0. The van der Waals surface area contributed by atoms with E-state index < -0.39 is 0 Å². The Morgan fingerprint density at radius 3 is 0.775 bits per heavy atom. The number of rotatable bonds is 12. The second-order valence-electron chi connectivity index (χ2n) is 22.2. The summed E-state index contributed by atoms with van der Waals surface area (Å²) in [5, 5.41) is 3.38. The van der Waals surface area contributed by atoms with Crippen molar-refractivity contribution in [1.29, 1.82) is 0 Å². The number of H-pyrrole nitrogens is 2. The molecule has 2 aliphatic rings. The van der Waals surface area contributed by atoms with E-state index in [0.717, 1.165) is 69.5 Å². The Morgan fingerprint density at radius 2 is 0.520 bits per heavy atom. The van der Waals surface area contributed by atoms with Crippen molar-refractivity contribution in [1.82, 2.24) is 39.9 Å². The molecule has 0 aliphatic carbocycles. The Labute approximate surface area is 609 Å². The molecule has 8 bridgehead atoms. The van der Waals surface area contributed by atoms with Gasteiger partial charge in [-0.15, -0.1) is 0 Å². The van der Waals surface area contributed by atoms with Crippen LogP contribution < -0.4 is 18.9 Å². The normalized spacial score (nSPS) is 10.2. The summed E-state index contributed by atoms with van der Waals surface area (Å²) in [6, 6.07) is 69.7. The average Bonchev–Trinajstić information content (AvgIpc) is 1.60. The van der Waals surface area contributed by atoms with Gasteiger partial charge in [-0.3, -0.25) is 9.69 Å². The smallest absolute Gasteiger partial charge is 0.198 e. The monoisotopic (exact) mass is 1390 g/mol. The molecular formula is C85H78N12O4Zn. The first-order chi connectivity index (χ1) is 47.1. The minimum atomic E-state index is 0. The molecule has 504 valence electrons. The molecule has 0 amide bonds. The van der Waals surface area contributed by atoms with Gasteiger partial charge in [-0.05, 0) is 121 Å². The zero-order valence-electron chi connectivity index (χ0n) is 53.4. The molecule has 3 aromatic heterocycles. The molecule has 0 spiro atoms. The standard InChI is InChI=1S/C48H34N8O2.C24H20N2O2.C8H4N2.5CH4.Zn/c1-3-27-17-21-29(22-18-27)57-39-25-37-38(26-40(39)58-30-23-19-28(4-2)20-24-30)48-55-46-36-16-10-8-14-34(36)44(53-46)51-42-32-12-6-5-11-31(32)41(49-42)50-43-33-13-7-9-15-35(33)45(52-43)54-47(37)56-48;1-5-17-7-11-19(12-8-17)27-23-15-21(25-3)22(26-4)16-24(23)28-20-13-9-18(6-2)10-14-20;1-9-7-5-3-4-6-8(7)10-2;;;;;;/h5-26H,3-4H2,1-2H3,(H2,49,50,51,52,53,54,55,56);7-16H,5-6H2,1-2H3;3-6H;5*1H4;. The number of benzene rings is 10. The van der Waals surface area contributed by atoms with E-state index in [4.69, 9.17) is 75.1 Å². The van der Waals surface area contributed by atoms with Crippen LogP contribution in [0.3, 0.4) is 0 Å². The van der Waals surface area contributed by atoms with Crippen LogP contribution in [0, 0.1) is 26.3 Å². The fourth-order valence-corrected chi connectivity index (χ4v) is 11.0. The second-order valence-corrected chi connectivity index (χ2v) is 22.2. The summed E-state index contributed by atoms with van der Waals surface area (Å²) in [7, 11) is 0. The molecule has 2 aliphatic heterocycles. The number of para-hydroxylation sites is 2. The number of aryl methyl sites for hydroxylation is 4. The van der Waals surface area contributed by atoms with Crippen molar-refractivity contribution >= 4 is 66.9 Å². The Bertz CT molecular complexity index is 5140. The number of ether oxygens (including phenoxy) is 4. The topological polar surface area (TPSA) is 163 Å². The molecule has 15 rings (SSSR count). The van der Waals surface area contributed by atoms with E-state index in [9.17, 15) is 0 Å². The van der Waals surface area contributed by atoms with Crippen LogP contribution in [0.15, 0.2) is 218 Å². The Kier molecular flexibility index (Phi) is 26.1. The van der Waals surface area contributed by atoms with Gasteiger partial charge in [-0.1, -0.05) is 210 Å². The van der Waals surface area contributed by atoms with Crippen LogP contribution in [0.1, 0.15) is 87.1 Å². The molecule has 13 aromatic rings. The van der Waals surface area contributed by atoms with E-state index in [1.165, 1.54) is 22.3 Å². The molecule has 0 fully saturated rings. The van der Waals surface area contributed by atoms with Crippen molar-refractivity contribution in [2.45, 2.75) is 90.5 Å². The minimum Gasteiger partial charge on any atom is -0.455 e. The number of nitrogens with zero attached hydrogens (tertiary/aromatic N) is 10. The van der Waals surface area contributed by atoms with Crippen LogP contribution in [0.5, 0.6) is 46.0 Å². The van der Waals surface area contributed by atoms with Gasteiger partial charge < -0.3 is 28.9 Å². The van der Waals surface area contributed by atoms with E-state index in [-0.39, 0.29) is 68.0 Å². The zero-order chi connectivity index (χ0) is 66.1. The molecule has 16 nitrogen and oxygen atoms in total. The number of aromatic nitrogens is 8. The average molecular weight is 1400 g/mol. The van der Waals surface area contributed by atoms with Crippen molar-refractivity contribution in [3.8, 4) is 91.5 Å². The largest absolute Gasteiger partial charge is 0.455 e. The first kappa shape index (κ1) is 76.7. The quantitative estimate of drug-likeness (QED) is 0.0889. The van der Waals surface area contributed by atoms with Gasteiger partial charge in [-0.2, -0.15) is 0 Å². The summed E-state index contributed by atoms with van der Waals surface area (Å²) in [5.41, 5.74) is 12.1. The SMILES string of the molecule is C.C.C.C.C.CCc1ccc(Oc2cc3c4nc5nc(nc6[nH]c(nc7nc(nc([nH]4)c3cc2Oc2ccc(CC)cc2)-c2ccccc2-7)c2ccccc62)-c2ccccc2-5)cc1.[C-]#[N+]c1cc(Oc2ccc(CC)cc2)c(Oc2ccc(CC)cc2)cc1[N+]#[C-].[C-]#[N+]c1ccccc1[N+]#[C-].[Zn]. The molecule has 102 heavy (non-hydrogen) atoms. The number of nitrogens with one attached hydrogen (secondary N) is 2. The molecule has 0 unspecified atom stereocenters. The minimum absolute atomic E-state index is 0. The number of hydrogen-bond acceptors (Lipinski definition) is 10. The maximum Gasteiger partial charge on any atom is 0.198 e. The molecule has 5 heterocycles. The molecule has 0 atom stereocenters. The summed E-state index contributed by atoms with van der Waals surface area (Å²) in [6.45, 7) is 36.5. The maximum absolute atomic E-state index is 7.34. The molecule has 0 radical (unpaired) electrons. The third kappa shape index (κ3) is 16.4. The third-order valence-corrected chi connectivity index (χ3v) is 16.3. The van der Waals surface area contributed by atoms with E-state index in [1.807, 2.05) is 158 Å². The number of fused-ring (bicyclic) bond motifs is 20. The third-order valence-electron chi connectivity index (χ3n) is 16.3. The van der Waals surface area contributed by atoms with Crippen molar-refractivity contribution < 1.29 is 38.4 Å². The molecule has 10 aromatic carbocycles. The van der Waals surface area contributed by atoms with E-state index >= 15 is 0 Å². The van der Waals surface area contributed by atoms with Gasteiger partial charge in [0.05, 0.1) is 26.3 Å². The summed E-state index contributed by atoms with van der Waals surface area (Å²) in [6.07, 6.45) is 3.76. The van der Waals surface area contributed by atoms with Gasteiger partial charge in [0.25, 0.3) is 0 Å². The van der Waals surface area contributed by atoms with Crippen LogP contribution in [0.2, 0.25) is 0 Å². The fraction of sp³-hybridized carbons (Fsp3) is 0.153. The first-order valence-electron chi connectivity index (χ1n) is 31.3. The van der Waals surface area contributed by atoms with E-state index in [0.29, 0.717) is 103 Å². The van der Waals surface area contributed by atoms with Gasteiger partial charge in [0, 0.05) is 63.3 Å². The molecule has 2 N–H and O–H groups in total. The molecule has 17 heteroatoms. The molecular weight excluding hydrogens is 1320 g/mol. The predicted octanol–water partition coefficient (Wildman–Crippen LogP) is 25.0. The zero-order valence-corrected chi connectivity index (χ0v) is 56.4. The van der Waals surface area contributed by atoms with Crippen LogP contribution in [-0.4, -0.2) is 39.9 Å². The number of aromatic amines is 2. The Hall–Kier alpha value is -12.7. The summed E-state index contributed by atoms with van der Waals surface area (Å²) < 4.78 is 25.3. The van der Waals surface area contributed by atoms with Gasteiger partial charge in [0.1, 0.15) is 45.6 Å². The Balaban J connectivity index is 0.000000278. The maximum atomic E-state index is 7.34. The van der Waals surface area contributed by atoms with Crippen LogP contribution >= 0.6 is 0 Å². The number of hydrogen-bond donors (Lipinski definition) is 2. The Morgan fingerprint density at radius 1 is 0.284 bits per heavy atom. The van der Waals surface area contributed by atoms with E-state index in [1.54, 1.807) is 36.4 Å². The van der Waals surface area contributed by atoms with Crippen LogP contribution in [0.25, 0.3) is 109 Å². The van der Waals surface area contributed by atoms with Gasteiger partial charge in [0.2, 0.25) is 0 Å². The van der Waals surface area contributed by atoms with Gasteiger partial charge >= 0.3 is 0 Å². The van der Waals surface area contributed by atoms with Crippen LogP contribution in [-0.2, 0) is 45.2 Å². The van der Waals surface area contributed by atoms with Crippen molar-refractivity contribution in [2.75, 3.05) is 0 Å². The second kappa shape index (κ2) is 34.7. The van der Waals surface area contributed by atoms with Gasteiger partial charge in [0.15, 0.2) is 69.0 Å². The van der Waals surface area contributed by atoms with E-state index in [2.05, 4.69) is 81.3 Å². The summed E-state index contributed by atoms with van der Waals surface area (Å²) >= 11 is 0. The molecule has 0 saturated carbocycles.